The van der Waals surface area contributed by atoms with Gasteiger partial charge in [0.25, 0.3) is 0 Å². The van der Waals surface area contributed by atoms with Crippen molar-refractivity contribution >= 4 is 11.8 Å². The fraction of sp³-hybridized carbons (Fsp3) is 0.100. The van der Waals surface area contributed by atoms with E-state index in [1.165, 1.54) is 13.0 Å². The number of benzene rings is 1. The Balaban J connectivity index is 2.94. The Bertz CT molecular complexity index is 487. The Labute approximate surface area is 90.9 Å². The van der Waals surface area contributed by atoms with Crippen LogP contribution in [0.5, 0.6) is 0 Å². The molecule has 0 amide bonds. The Kier molecular flexibility index (Phi) is 3.56. The first-order chi connectivity index (χ1) is 7.54. The van der Waals surface area contributed by atoms with Crippen molar-refractivity contribution < 1.29 is 14.0 Å². The van der Waals surface area contributed by atoms with Crippen molar-refractivity contribution in [2.45, 2.75) is 6.92 Å². The number of nitrogens with two attached hydrogens (primary N) is 1. The summed E-state index contributed by atoms with van der Waals surface area (Å²) in [4.78, 5) is 15.7. The lowest BCUT2D eigenvalue weighted by Gasteiger charge is -1.99. The van der Waals surface area contributed by atoms with Crippen molar-refractivity contribution in [3.63, 3.8) is 0 Å². The molecule has 6 heteroatoms. The van der Waals surface area contributed by atoms with Crippen LogP contribution in [0, 0.1) is 17.1 Å². The number of carbonyl (C=O) groups is 1. The lowest BCUT2D eigenvalue weighted by molar-refractivity contribution is 0.0515. The van der Waals surface area contributed by atoms with Gasteiger partial charge in [0.15, 0.2) is 0 Å². The van der Waals surface area contributed by atoms with Gasteiger partial charge in [0.1, 0.15) is 17.7 Å². The molecular weight excluding hydrogens is 213 g/mol. The highest BCUT2D eigenvalue weighted by Crippen LogP contribution is 2.10. The van der Waals surface area contributed by atoms with Crippen LogP contribution < -0.4 is 5.73 Å². The maximum Gasteiger partial charge on any atom is 0.365 e. The summed E-state index contributed by atoms with van der Waals surface area (Å²) in [6.45, 7) is 1.44. The van der Waals surface area contributed by atoms with E-state index in [1.54, 1.807) is 6.07 Å². The summed E-state index contributed by atoms with van der Waals surface area (Å²) in [5.41, 5.74) is 4.96. The number of halogens is 1. The summed E-state index contributed by atoms with van der Waals surface area (Å²) >= 11 is 0. The maximum atomic E-state index is 12.9. The van der Waals surface area contributed by atoms with E-state index in [2.05, 4.69) is 9.99 Å². The number of hydrogen-bond donors (Lipinski definition) is 1. The van der Waals surface area contributed by atoms with Crippen LogP contribution in [0.3, 0.4) is 0 Å². The Morgan fingerprint density at radius 3 is 2.88 bits per heavy atom. The molecule has 82 valence electrons. The van der Waals surface area contributed by atoms with Gasteiger partial charge in [0.05, 0.1) is 11.1 Å². The summed E-state index contributed by atoms with van der Waals surface area (Å²) in [5.74, 6) is -1.42. The number of nitrogens with zero attached hydrogens (tertiary/aromatic N) is 2. The topological polar surface area (TPSA) is 88.5 Å². The van der Waals surface area contributed by atoms with Crippen LogP contribution in [0.2, 0.25) is 0 Å². The molecule has 0 aliphatic rings. The Morgan fingerprint density at radius 2 is 2.31 bits per heavy atom. The van der Waals surface area contributed by atoms with Gasteiger partial charge in [-0.2, -0.15) is 5.26 Å². The molecule has 0 radical (unpaired) electrons. The molecular formula is C10H8FN3O2. The molecule has 0 aromatic heterocycles. The number of nitriles is 1. The summed E-state index contributed by atoms with van der Waals surface area (Å²) in [6.07, 6.45) is 0. The number of carbonyl (C=O) groups excluding carboxylic acids is 1. The molecule has 1 rings (SSSR count). The van der Waals surface area contributed by atoms with Gasteiger partial charge in [-0.15, -0.1) is 0 Å². The normalized spacial score (nSPS) is 10.7. The predicted molar refractivity (Wildman–Crippen MR) is 53.8 cm³/mol. The van der Waals surface area contributed by atoms with Crippen LogP contribution in [-0.4, -0.2) is 11.8 Å². The third-order valence-electron chi connectivity index (χ3n) is 1.60. The Hall–Kier alpha value is -2.42. The molecule has 0 atom stereocenters. The molecule has 0 heterocycles. The van der Waals surface area contributed by atoms with Crippen LogP contribution in [0.1, 0.15) is 22.8 Å². The molecule has 0 spiro atoms. The van der Waals surface area contributed by atoms with Crippen molar-refractivity contribution in [2.75, 3.05) is 0 Å². The summed E-state index contributed by atoms with van der Waals surface area (Å²) in [7, 11) is 0. The minimum atomic E-state index is -0.804. The molecule has 0 bridgehead atoms. The van der Waals surface area contributed by atoms with Crippen molar-refractivity contribution in [1.29, 1.82) is 5.26 Å². The largest absolute Gasteiger partial charge is 0.385 e. The molecule has 16 heavy (non-hydrogen) atoms. The van der Waals surface area contributed by atoms with E-state index in [0.717, 1.165) is 12.1 Å². The molecule has 0 saturated heterocycles. The SMILES string of the molecule is C/C(N)=N\OC(=O)c1ccc(F)c(C#N)c1. The zero-order chi connectivity index (χ0) is 12.1. The van der Waals surface area contributed by atoms with Crippen molar-refractivity contribution in [2.24, 2.45) is 10.9 Å². The minimum Gasteiger partial charge on any atom is -0.385 e. The van der Waals surface area contributed by atoms with Crippen molar-refractivity contribution in [1.82, 2.24) is 0 Å². The first-order valence-corrected chi connectivity index (χ1v) is 4.25. The second-order valence-corrected chi connectivity index (χ2v) is 2.92. The predicted octanol–water partition coefficient (Wildman–Crippen LogP) is 1.15. The van der Waals surface area contributed by atoms with Gasteiger partial charge in [-0.3, -0.25) is 0 Å². The number of hydrogen-bond acceptors (Lipinski definition) is 4. The summed E-state index contributed by atoms with van der Waals surface area (Å²) < 4.78 is 12.9. The zero-order valence-electron chi connectivity index (χ0n) is 8.40. The standard InChI is InChI=1S/C10H8FN3O2/c1-6(13)14-16-10(15)7-2-3-9(11)8(4-7)5-12/h2-4H,1H3,(H2,13,14). The molecule has 1 aromatic carbocycles. The Morgan fingerprint density at radius 1 is 1.62 bits per heavy atom. The highest BCUT2D eigenvalue weighted by atomic mass is 19.1. The third-order valence-corrected chi connectivity index (χ3v) is 1.60. The molecule has 0 unspecified atom stereocenters. The fourth-order valence-electron chi connectivity index (χ4n) is 0.904. The van der Waals surface area contributed by atoms with Crippen LogP contribution >= 0.6 is 0 Å². The van der Waals surface area contributed by atoms with Gasteiger partial charge >= 0.3 is 5.97 Å². The summed E-state index contributed by atoms with van der Waals surface area (Å²) in [5, 5.41) is 11.8. The first-order valence-electron chi connectivity index (χ1n) is 4.25. The van der Waals surface area contributed by atoms with E-state index in [-0.39, 0.29) is 17.0 Å². The van der Waals surface area contributed by atoms with Crippen molar-refractivity contribution in [3.05, 3.63) is 35.1 Å². The molecule has 0 aliphatic carbocycles. The second-order valence-electron chi connectivity index (χ2n) is 2.92. The summed E-state index contributed by atoms with van der Waals surface area (Å²) in [6, 6.07) is 4.90. The zero-order valence-corrected chi connectivity index (χ0v) is 8.40. The molecule has 0 aliphatic heterocycles. The average molecular weight is 221 g/mol. The monoisotopic (exact) mass is 221 g/mol. The van der Waals surface area contributed by atoms with Gasteiger partial charge in [-0.05, 0) is 25.1 Å². The highest BCUT2D eigenvalue weighted by Gasteiger charge is 2.10. The van der Waals surface area contributed by atoms with E-state index >= 15 is 0 Å². The van der Waals surface area contributed by atoms with E-state index < -0.39 is 11.8 Å². The van der Waals surface area contributed by atoms with Gasteiger partial charge < -0.3 is 10.6 Å². The smallest absolute Gasteiger partial charge is 0.365 e. The van der Waals surface area contributed by atoms with Gasteiger partial charge in [-0.25, -0.2) is 9.18 Å². The third kappa shape index (κ3) is 2.78. The first kappa shape index (κ1) is 11.7. The molecule has 0 fully saturated rings. The number of amidine groups is 1. The van der Waals surface area contributed by atoms with Gasteiger partial charge in [0, 0.05) is 0 Å². The van der Waals surface area contributed by atoms with Crippen LogP contribution in [0.4, 0.5) is 4.39 Å². The molecule has 2 N–H and O–H groups in total. The molecule has 0 saturated carbocycles. The fourth-order valence-corrected chi connectivity index (χ4v) is 0.904. The van der Waals surface area contributed by atoms with Crippen molar-refractivity contribution in [3.8, 4) is 6.07 Å². The van der Waals surface area contributed by atoms with Crippen LogP contribution in [0.15, 0.2) is 23.4 Å². The number of rotatable bonds is 2. The second kappa shape index (κ2) is 4.89. The van der Waals surface area contributed by atoms with E-state index in [0.29, 0.717) is 0 Å². The van der Waals surface area contributed by atoms with Crippen LogP contribution in [0.25, 0.3) is 0 Å². The lowest BCUT2D eigenvalue weighted by Crippen LogP contribution is -2.09. The van der Waals surface area contributed by atoms with Crippen LogP contribution in [-0.2, 0) is 4.84 Å². The molecule has 5 nitrogen and oxygen atoms in total. The van der Waals surface area contributed by atoms with E-state index in [9.17, 15) is 9.18 Å². The van der Waals surface area contributed by atoms with Gasteiger partial charge in [0.2, 0.25) is 0 Å². The average Bonchev–Trinajstić information content (AvgIpc) is 2.26. The van der Waals surface area contributed by atoms with E-state index in [1.807, 2.05) is 0 Å². The van der Waals surface area contributed by atoms with E-state index in [4.69, 9.17) is 11.0 Å². The maximum absolute atomic E-state index is 12.9. The van der Waals surface area contributed by atoms with Gasteiger partial charge in [-0.1, -0.05) is 5.16 Å². The highest BCUT2D eigenvalue weighted by molar-refractivity contribution is 5.90. The quantitative estimate of drug-likeness (QED) is 0.351. The number of oxime groups is 1. The lowest BCUT2D eigenvalue weighted by atomic mass is 10.1. The molecule has 1 aromatic rings. The minimum absolute atomic E-state index is 0.0305.